The molecule has 0 fully saturated rings. The van der Waals surface area contributed by atoms with Gasteiger partial charge in [-0.3, -0.25) is 10.1 Å². The minimum atomic E-state index is -0.439. The van der Waals surface area contributed by atoms with Crippen LogP contribution in [0.5, 0.6) is 5.75 Å². The van der Waals surface area contributed by atoms with Gasteiger partial charge in [0.25, 0.3) is 0 Å². The van der Waals surface area contributed by atoms with Crippen molar-refractivity contribution in [1.82, 2.24) is 0 Å². The van der Waals surface area contributed by atoms with Crippen LogP contribution >= 0.6 is 0 Å². The molecule has 5 heteroatoms. The SMILES string of the molecule is COCCCOc1cc(C)ccc1[N+](=O)[O-]. The Labute approximate surface area is 94.1 Å². The van der Waals surface area contributed by atoms with Crippen LogP contribution in [0.3, 0.4) is 0 Å². The summed E-state index contributed by atoms with van der Waals surface area (Å²) in [5, 5.41) is 10.7. The summed E-state index contributed by atoms with van der Waals surface area (Å²) in [6.45, 7) is 2.86. The normalized spacial score (nSPS) is 10.1. The van der Waals surface area contributed by atoms with E-state index >= 15 is 0 Å². The molecule has 0 bridgehead atoms. The summed E-state index contributed by atoms with van der Waals surface area (Å²) in [5.74, 6) is 0.320. The van der Waals surface area contributed by atoms with Crippen LogP contribution in [-0.4, -0.2) is 25.2 Å². The van der Waals surface area contributed by atoms with E-state index < -0.39 is 4.92 Å². The zero-order chi connectivity index (χ0) is 12.0. The van der Waals surface area contributed by atoms with Crippen molar-refractivity contribution >= 4 is 5.69 Å². The van der Waals surface area contributed by atoms with Crippen molar-refractivity contribution in [2.45, 2.75) is 13.3 Å². The fraction of sp³-hybridized carbons (Fsp3) is 0.455. The molecule has 0 unspecified atom stereocenters. The molecule has 0 heterocycles. The molecule has 0 spiro atoms. The first-order valence-corrected chi connectivity index (χ1v) is 5.02. The average molecular weight is 225 g/mol. The molecule has 0 aliphatic carbocycles. The van der Waals surface area contributed by atoms with Crippen LogP contribution in [0.4, 0.5) is 5.69 Å². The smallest absolute Gasteiger partial charge is 0.310 e. The Morgan fingerprint density at radius 1 is 1.38 bits per heavy atom. The number of nitro groups is 1. The number of benzene rings is 1. The van der Waals surface area contributed by atoms with E-state index in [0.717, 1.165) is 5.56 Å². The van der Waals surface area contributed by atoms with E-state index in [1.165, 1.54) is 6.07 Å². The van der Waals surface area contributed by atoms with Gasteiger partial charge in [-0.15, -0.1) is 0 Å². The highest BCUT2D eigenvalue weighted by molar-refractivity contribution is 5.48. The molecule has 88 valence electrons. The Balaban J connectivity index is 2.68. The number of hydrogen-bond acceptors (Lipinski definition) is 4. The zero-order valence-corrected chi connectivity index (χ0v) is 9.43. The van der Waals surface area contributed by atoms with E-state index in [4.69, 9.17) is 9.47 Å². The molecule has 0 amide bonds. The van der Waals surface area contributed by atoms with Crippen molar-refractivity contribution < 1.29 is 14.4 Å². The van der Waals surface area contributed by atoms with Gasteiger partial charge in [-0.1, -0.05) is 6.07 Å². The van der Waals surface area contributed by atoms with Crippen molar-refractivity contribution in [2.75, 3.05) is 20.3 Å². The molecule has 0 N–H and O–H groups in total. The third kappa shape index (κ3) is 3.51. The Morgan fingerprint density at radius 3 is 2.75 bits per heavy atom. The number of methoxy groups -OCH3 is 1. The Morgan fingerprint density at radius 2 is 2.12 bits per heavy atom. The predicted octanol–water partition coefficient (Wildman–Crippen LogP) is 2.32. The molecule has 0 atom stereocenters. The molecule has 0 saturated heterocycles. The lowest BCUT2D eigenvalue weighted by Gasteiger charge is -2.07. The van der Waals surface area contributed by atoms with Crippen LogP contribution < -0.4 is 4.74 Å². The van der Waals surface area contributed by atoms with Gasteiger partial charge in [-0.25, -0.2) is 0 Å². The van der Waals surface area contributed by atoms with E-state index in [-0.39, 0.29) is 5.69 Å². The molecule has 1 aromatic carbocycles. The summed E-state index contributed by atoms with van der Waals surface area (Å²) in [7, 11) is 1.61. The third-order valence-electron chi connectivity index (χ3n) is 2.06. The lowest BCUT2D eigenvalue weighted by molar-refractivity contribution is -0.385. The van der Waals surface area contributed by atoms with Crippen molar-refractivity contribution in [2.24, 2.45) is 0 Å². The van der Waals surface area contributed by atoms with E-state index in [1.807, 2.05) is 6.92 Å². The van der Waals surface area contributed by atoms with Gasteiger partial charge in [0.2, 0.25) is 0 Å². The lowest BCUT2D eigenvalue weighted by Crippen LogP contribution is -2.03. The number of nitrogens with zero attached hydrogens (tertiary/aromatic N) is 1. The van der Waals surface area contributed by atoms with Crippen LogP contribution in [0.1, 0.15) is 12.0 Å². The second kappa shape index (κ2) is 6.07. The number of hydrogen-bond donors (Lipinski definition) is 0. The predicted molar refractivity (Wildman–Crippen MR) is 59.8 cm³/mol. The second-order valence-corrected chi connectivity index (χ2v) is 3.42. The first-order chi connectivity index (χ1) is 7.65. The summed E-state index contributed by atoms with van der Waals surface area (Å²) < 4.78 is 10.2. The van der Waals surface area contributed by atoms with E-state index in [1.54, 1.807) is 19.2 Å². The minimum absolute atomic E-state index is 0.00279. The lowest BCUT2D eigenvalue weighted by atomic mass is 10.2. The maximum atomic E-state index is 10.7. The molecule has 0 aliphatic rings. The van der Waals surface area contributed by atoms with Crippen LogP contribution in [0, 0.1) is 17.0 Å². The largest absolute Gasteiger partial charge is 0.487 e. The van der Waals surface area contributed by atoms with Gasteiger partial charge in [0.05, 0.1) is 11.5 Å². The molecule has 0 aliphatic heterocycles. The van der Waals surface area contributed by atoms with E-state index in [9.17, 15) is 10.1 Å². The van der Waals surface area contributed by atoms with Crippen molar-refractivity contribution in [1.29, 1.82) is 0 Å². The maximum absolute atomic E-state index is 10.7. The molecular weight excluding hydrogens is 210 g/mol. The third-order valence-corrected chi connectivity index (χ3v) is 2.06. The van der Waals surface area contributed by atoms with Crippen molar-refractivity contribution in [3.05, 3.63) is 33.9 Å². The Kier molecular flexibility index (Phi) is 4.72. The Bertz CT molecular complexity index is 365. The second-order valence-electron chi connectivity index (χ2n) is 3.42. The van der Waals surface area contributed by atoms with Gasteiger partial charge in [-0.2, -0.15) is 0 Å². The van der Waals surface area contributed by atoms with Gasteiger partial charge < -0.3 is 9.47 Å². The molecule has 0 saturated carbocycles. The molecule has 1 aromatic rings. The summed E-state index contributed by atoms with van der Waals surface area (Å²) in [6, 6.07) is 4.83. The van der Waals surface area contributed by atoms with Crippen LogP contribution in [-0.2, 0) is 4.74 Å². The zero-order valence-electron chi connectivity index (χ0n) is 9.43. The highest BCUT2D eigenvalue weighted by atomic mass is 16.6. The minimum Gasteiger partial charge on any atom is -0.487 e. The molecule has 1 rings (SSSR count). The summed E-state index contributed by atoms with van der Waals surface area (Å²) >= 11 is 0. The Hall–Kier alpha value is -1.62. The van der Waals surface area contributed by atoms with E-state index in [0.29, 0.717) is 25.4 Å². The number of aryl methyl sites for hydroxylation is 1. The van der Waals surface area contributed by atoms with Crippen LogP contribution in [0.25, 0.3) is 0 Å². The summed E-state index contributed by atoms with van der Waals surface area (Å²) in [6.07, 6.45) is 0.710. The molecule has 0 radical (unpaired) electrons. The van der Waals surface area contributed by atoms with Gasteiger partial charge in [0, 0.05) is 26.2 Å². The molecule has 16 heavy (non-hydrogen) atoms. The van der Waals surface area contributed by atoms with Crippen molar-refractivity contribution in [3.63, 3.8) is 0 Å². The van der Waals surface area contributed by atoms with Gasteiger partial charge in [0.15, 0.2) is 5.75 Å². The topological polar surface area (TPSA) is 61.6 Å². The van der Waals surface area contributed by atoms with E-state index in [2.05, 4.69) is 0 Å². The number of ether oxygens (including phenoxy) is 2. The van der Waals surface area contributed by atoms with Gasteiger partial charge >= 0.3 is 5.69 Å². The highest BCUT2D eigenvalue weighted by Gasteiger charge is 2.14. The molecular formula is C11H15NO4. The maximum Gasteiger partial charge on any atom is 0.310 e. The average Bonchev–Trinajstić information content (AvgIpc) is 2.24. The first kappa shape index (κ1) is 12.4. The first-order valence-electron chi connectivity index (χ1n) is 5.02. The fourth-order valence-electron chi connectivity index (χ4n) is 1.27. The monoisotopic (exact) mass is 225 g/mol. The van der Waals surface area contributed by atoms with Gasteiger partial charge in [0.1, 0.15) is 0 Å². The number of rotatable bonds is 6. The van der Waals surface area contributed by atoms with Gasteiger partial charge in [-0.05, 0) is 18.6 Å². The molecule has 5 nitrogen and oxygen atoms in total. The van der Waals surface area contributed by atoms with Crippen molar-refractivity contribution in [3.8, 4) is 5.75 Å². The summed E-state index contributed by atoms with van der Waals surface area (Å²) in [5.41, 5.74) is 0.940. The summed E-state index contributed by atoms with van der Waals surface area (Å²) in [4.78, 5) is 10.3. The molecule has 0 aromatic heterocycles. The number of nitro benzene ring substituents is 1. The standard InChI is InChI=1S/C11H15NO4/c1-9-4-5-10(12(13)14)11(8-9)16-7-3-6-15-2/h4-5,8H,3,6-7H2,1-2H3. The van der Waals surface area contributed by atoms with Crippen LogP contribution in [0.2, 0.25) is 0 Å². The highest BCUT2D eigenvalue weighted by Crippen LogP contribution is 2.27. The quantitative estimate of drug-likeness (QED) is 0.423. The fourth-order valence-corrected chi connectivity index (χ4v) is 1.27. The van der Waals surface area contributed by atoms with Crippen LogP contribution in [0.15, 0.2) is 18.2 Å².